The van der Waals surface area contributed by atoms with Gasteiger partial charge in [-0.1, -0.05) is 0 Å². The van der Waals surface area contributed by atoms with Crippen molar-refractivity contribution in [2.75, 3.05) is 40.6 Å². The highest BCUT2D eigenvalue weighted by atomic mass is 17.3. The summed E-state index contributed by atoms with van der Waals surface area (Å²) in [6.45, 7) is 1.50. The molecule has 0 bridgehead atoms. The average molecular weight is 294 g/mol. The minimum absolute atomic E-state index is 0.164. The molecule has 0 N–H and O–H groups in total. The fourth-order valence-electron chi connectivity index (χ4n) is 1.12. The molecule has 118 valence electrons. The predicted molar refractivity (Wildman–Crippen MR) is 67.1 cm³/mol. The molecule has 0 aliphatic heterocycles. The Morgan fingerprint density at radius 3 is 1.35 bits per heavy atom. The molecule has 0 aliphatic carbocycles. The van der Waals surface area contributed by atoms with E-state index in [-0.39, 0.29) is 13.2 Å². The van der Waals surface area contributed by atoms with Crippen LogP contribution >= 0.6 is 0 Å². The second-order valence-electron chi connectivity index (χ2n) is 3.76. The van der Waals surface area contributed by atoms with E-state index in [4.69, 9.17) is 9.47 Å². The Morgan fingerprint density at radius 1 is 0.650 bits per heavy atom. The van der Waals surface area contributed by atoms with Gasteiger partial charge in [0.25, 0.3) is 0 Å². The van der Waals surface area contributed by atoms with E-state index in [9.17, 15) is 9.59 Å². The van der Waals surface area contributed by atoms with Gasteiger partial charge in [-0.2, -0.15) is 19.4 Å². The summed E-state index contributed by atoms with van der Waals surface area (Å²) in [5.41, 5.74) is 0. The van der Waals surface area contributed by atoms with Crippen molar-refractivity contribution >= 4 is 12.3 Å². The van der Waals surface area contributed by atoms with Gasteiger partial charge >= 0.3 is 12.3 Å². The normalized spacial score (nSPS) is 9.90. The molecule has 0 unspecified atom stereocenters. The highest BCUT2D eigenvalue weighted by Crippen LogP contribution is 1.97. The SMILES string of the molecule is COCCCCOC(=O)OOC(=O)OCCCCOC. The number of rotatable bonds is 10. The van der Waals surface area contributed by atoms with Crippen molar-refractivity contribution in [2.45, 2.75) is 25.7 Å². The molecule has 0 heterocycles. The van der Waals surface area contributed by atoms with E-state index in [2.05, 4.69) is 19.2 Å². The quantitative estimate of drug-likeness (QED) is 0.262. The van der Waals surface area contributed by atoms with Crippen molar-refractivity contribution in [1.82, 2.24) is 0 Å². The number of methoxy groups -OCH3 is 2. The van der Waals surface area contributed by atoms with Gasteiger partial charge in [-0.05, 0) is 25.7 Å². The predicted octanol–water partition coefficient (Wildman–Crippen LogP) is 2.06. The zero-order valence-corrected chi connectivity index (χ0v) is 11.9. The molecule has 0 aromatic heterocycles. The van der Waals surface area contributed by atoms with Crippen LogP contribution in [-0.2, 0) is 28.7 Å². The van der Waals surface area contributed by atoms with E-state index < -0.39 is 12.3 Å². The summed E-state index contributed by atoms with van der Waals surface area (Å²) in [5.74, 6) is 0. The summed E-state index contributed by atoms with van der Waals surface area (Å²) in [7, 11) is 3.17. The molecule has 0 aromatic rings. The lowest BCUT2D eigenvalue weighted by molar-refractivity contribution is -0.217. The maximum atomic E-state index is 11.0. The number of carbonyl (C=O) groups excluding carboxylic acids is 2. The van der Waals surface area contributed by atoms with Crippen molar-refractivity contribution in [2.24, 2.45) is 0 Å². The van der Waals surface area contributed by atoms with Crippen LogP contribution in [0.2, 0.25) is 0 Å². The fourth-order valence-corrected chi connectivity index (χ4v) is 1.12. The van der Waals surface area contributed by atoms with Crippen LogP contribution in [0, 0.1) is 0 Å². The Labute approximate surface area is 118 Å². The lowest BCUT2D eigenvalue weighted by Gasteiger charge is -2.05. The van der Waals surface area contributed by atoms with Crippen LogP contribution in [0.25, 0.3) is 0 Å². The molecule has 0 fully saturated rings. The first-order chi connectivity index (χ1) is 9.70. The third-order valence-electron chi connectivity index (χ3n) is 2.10. The summed E-state index contributed by atoms with van der Waals surface area (Å²) in [5, 5.41) is 0. The van der Waals surface area contributed by atoms with Crippen molar-refractivity contribution in [3.63, 3.8) is 0 Å². The van der Waals surface area contributed by atoms with Crippen LogP contribution in [0.3, 0.4) is 0 Å². The van der Waals surface area contributed by atoms with Crippen molar-refractivity contribution < 1.29 is 38.3 Å². The number of carbonyl (C=O) groups is 2. The number of hydrogen-bond acceptors (Lipinski definition) is 8. The maximum absolute atomic E-state index is 11.0. The Bertz CT molecular complexity index is 230. The zero-order valence-electron chi connectivity index (χ0n) is 11.9. The van der Waals surface area contributed by atoms with Gasteiger partial charge in [-0.25, -0.2) is 0 Å². The second-order valence-corrected chi connectivity index (χ2v) is 3.76. The Balaban J connectivity index is 3.37. The molecule has 0 spiro atoms. The largest absolute Gasteiger partial charge is 0.549 e. The minimum atomic E-state index is -1.08. The molecule has 0 aliphatic rings. The molecule has 0 radical (unpaired) electrons. The first-order valence-electron chi connectivity index (χ1n) is 6.36. The van der Waals surface area contributed by atoms with Gasteiger partial charge in [0.15, 0.2) is 0 Å². The third kappa shape index (κ3) is 12.9. The van der Waals surface area contributed by atoms with Crippen molar-refractivity contribution in [1.29, 1.82) is 0 Å². The molecule has 0 saturated heterocycles. The Morgan fingerprint density at radius 2 is 1.00 bits per heavy atom. The molecular weight excluding hydrogens is 272 g/mol. The first-order valence-corrected chi connectivity index (χ1v) is 6.36. The topological polar surface area (TPSA) is 89.5 Å². The van der Waals surface area contributed by atoms with Crippen LogP contribution in [0.4, 0.5) is 9.59 Å². The lowest BCUT2D eigenvalue weighted by atomic mass is 10.3. The van der Waals surface area contributed by atoms with E-state index in [0.717, 1.165) is 12.8 Å². The molecule has 0 amide bonds. The van der Waals surface area contributed by atoms with Crippen molar-refractivity contribution in [3.8, 4) is 0 Å². The summed E-state index contributed by atoms with van der Waals surface area (Å²) in [6.07, 6.45) is 0.611. The van der Waals surface area contributed by atoms with Gasteiger partial charge in [-0.3, -0.25) is 0 Å². The highest BCUT2D eigenvalue weighted by Gasteiger charge is 2.11. The van der Waals surface area contributed by atoms with Crippen LogP contribution < -0.4 is 0 Å². The van der Waals surface area contributed by atoms with E-state index in [1.165, 1.54) is 0 Å². The first kappa shape index (κ1) is 18.5. The maximum Gasteiger partial charge on any atom is 0.549 e. The van der Waals surface area contributed by atoms with Crippen LogP contribution in [0.15, 0.2) is 0 Å². The highest BCUT2D eigenvalue weighted by molar-refractivity contribution is 5.63. The molecule has 20 heavy (non-hydrogen) atoms. The smallest absolute Gasteiger partial charge is 0.432 e. The van der Waals surface area contributed by atoms with Crippen LogP contribution in [-0.4, -0.2) is 53.0 Å². The molecule has 8 heteroatoms. The van der Waals surface area contributed by atoms with Crippen LogP contribution in [0.5, 0.6) is 0 Å². The number of unbranched alkanes of at least 4 members (excludes halogenated alkanes) is 2. The lowest BCUT2D eigenvalue weighted by Crippen LogP contribution is -2.15. The summed E-state index contributed by atoms with van der Waals surface area (Å²) < 4.78 is 18.9. The van der Waals surface area contributed by atoms with Gasteiger partial charge in [0, 0.05) is 27.4 Å². The van der Waals surface area contributed by atoms with Crippen LogP contribution in [0.1, 0.15) is 25.7 Å². The molecule has 8 nitrogen and oxygen atoms in total. The Hall–Kier alpha value is -1.54. The van der Waals surface area contributed by atoms with Gasteiger partial charge in [-0.15, -0.1) is 0 Å². The number of hydrogen-bond donors (Lipinski definition) is 0. The third-order valence-corrected chi connectivity index (χ3v) is 2.10. The molecule has 0 rings (SSSR count). The zero-order chi connectivity index (χ0) is 15.1. The van der Waals surface area contributed by atoms with E-state index >= 15 is 0 Å². The molecule has 0 saturated carbocycles. The fraction of sp³-hybridized carbons (Fsp3) is 0.833. The van der Waals surface area contributed by atoms with Gasteiger partial charge in [0.2, 0.25) is 0 Å². The van der Waals surface area contributed by atoms with Gasteiger partial charge in [0.05, 0.1) is 13.2 Å². The van der Waals surface area contributed by atoms with Gasteiger partial charge < -0.3 is 18.9 Å². The van der Waals surface area contributed by atoms with Crippen molar-refractivity contribution in [3.05, 3.63) is 0 Å². The standard InChI is InChI=1S/C12H22O8/c1-15-7-3-5-9-17-11(13)19-20-12(14)18-10-6-4-8-16-2/h3-10H2,1-2H3. The Kier molecular flexibility index (Phi) is 12.8. The number of ether oxygens (including phenoxy) is 4. The molecular formula is C12H22O8. The average Bonchev–Trinajstić information content (AvgIpc) is 2.44. The monoisotopic (exact) mass is 294 g/mol. The van der Waals surface area contributed by atoms with E-state index in [0.29, 0.717) is 26.1 Å². The second kappa shape index (κ2) is 13.9. The summed E-state index contributed by atoms with van der Waals surface area (Å²) >= 11 is 0. The summed E-state index contributed by atoms with van der Waals surface area (Å²) in [4.78, 5) is 30.1. The van der Waals surface area contributed by atoms with Gasteiger partial charge in [0.1, 0.15) is 0 Å². The minimum Gasteiger partial charge on any atom is -0.432 e. The molecule has 0 atom stereocenters. The van der Waals surface area contributed by atoms with E-state index in [1.54, 1.807) is 14.2 Å². The van der Waals surface area contributed by atoms with E-state index in [1.807, 2.05) is 0 Å². The summed E-state index contributed by atoms with van der Waals surface area (Å²) in [6, 6.07) is 0. The molecule has 0 aromatic carbocycles.